The van der Waals surface area contributed by atoms with Crippen LogP contribution in [0.4, 0.5) is 5.69 Å². The van der Waals surface area contributed by atoms with Gasteiger partial charge in [0.2, 0.25) is 0 Å². The summed E-state index contributed by atoms with van der Waals surface area (Å²) in [6, 6.07) is 16.4. The summed E-state index contributed by atoms with van der Waals surface area (Å²) < 4.78 is 18.1. The van der Waals surface area contributed by atoms with Crippen LogP contribution < -0.4 is 14.8 Å². The molecule has 2 aromatic heterocycles. The summed E-state index contributed by atoms with van der Waals surface area (Å²) in [5.74, 6) is 1.15. The van der Waals surface area contributed by atoms with Crippen molar-refractivity contribution in [1.29, 1.82) is 0 Å². The summed E-state index contributed by atoms with van der Waals surface area (Å²) in [7, 11) is 1.63. The summed E-state index contributed by atoms with van der Waals surface area (Å²) >= 11 is 0. The third-order valence-electron chi connectivity index (χ3n) is 6.09. The summed E-state index contributed by atoms with van der Waals surface area (Å²) in [6.45, 7) is 1.25. The van der Waals surface area contributed by atoms with Crippen LogP contribution in [0.5, 0.6) is 11.5 Å². The van der Waals surface area contributed by atoms with Gasteiger partial charge in [-0.1, -0.05) is 12.1 Å². The molecule has 0 saturated carbocycles. The molecular formula is C27H26N4O5. The van der Waals surface area contributed by atoms with E-state index in [0.29, 0.717) is 35.7 Å². The Labute approximate surface area is 208 Å². The van der Waals surface area contributed by atoms with E-state index >= 15 is 0 Å². The zero-order chi connectivity index (χ0) is 24.9. The number of ether oxygens (including phenoxy) is 2. The van der Waals surface area contributed by atoms with E-state index in [1.54, 1.807) is 42.4 Å². The van der Waals surface area contributed by atoms with Gasteiger partial charge in [-0.25, -0.2) is 4.68 Å². The van der Waals surface area contributed by atoms with Crippen LogP contribution in [0, 0.1) is 0 Å². The summed E-state index contributed by atoms with van der Waals surface area (Å²) in [6.07, 6.45) is 7.64. The molecule has 0 spiro atoms. The standard InChI is InChI=1S/C27H26N4O5/c1-34-24-4-2-3-5-25(24)36-23-10-13-30(14-11-23)27(33)19-6-8-22(9-7-19)31-17-21(16-28-31)29-26(32)20-12-15-35-18-20/h2-9,12,15-18,23H,10-11,13-14H2,1H3,(H,29,32). The smallest absolute Gasteiger partial charge is 0.259 e. The minimum atomic E-state index is -0.277. The van der Waals surface area contributed by atoms with Gasteiger partial charge in [-0.05, 0) is 42.5 Å². The van der Waals surface area contributed by atoms with Crippen molar-refractivity contribution in [2.24, 2.45) is 0 Å². The fourth-order valence-corrected chi connectivity index (χ4v) is 4.14. The van der Waals surface area contributed by atoms with Crippen LogP contribution in [0.2, 0.25) is 0 Å². The van der Waals surface area contributed by atoms with Gasteiger partial charge < -0.3 is 24.1 Å². The lowest BCUT2D eigenvalue weighted by molar-refractivity contribution is 0.0590. The van der Waals surface area contributed by atoms with Gasteiger partial charge in [0.05, 0.1) is 42.7 Å². The molecule has 9 heteroatoms. The maximum absolute atomic E-state index is 13.0. The van der Waals surface area contributed by atoms with Crippen molar-refractivity contribution >= 4 is 17.5 Å². The molecule has 1 saturated heterocycles. The van der Waals surface area contributed by atoms with Crippen molar-refractivity contribution < 1.29 is 23.5 Å². The minimum Gasteiger partial charge on any atom is -0.493 e. The number of methoxy groups -OCH3 is 1. The summed E-state index contributed by atoms with van der Waals surface area (Å²) in [4.78, 5) is 27.1. The number of amides is 2. The number of hydrogen-bond acceptors (Lipinski definition) is 6. The van der Waals surface area contributed by atoms with Crippen LogP contribution in [0.15, 0.2) is 83.9 Å². The lowest BCUT2D eigenvalue weighted by Crippen LogP contribution is -2.41. The third-order valence-corrected chi connectivity index (χ3v) is 6.09. The first-order valence-electron chi connectivity index (χ1n) is 11.7. The van der Waals surface area contributed by atoms with Gasteiger partial charge in [-0.2, -0.15) is 5.10 Å². The molecule has 5 rings (SSSR count). The van der Waals surface area contributed by atoms with E-state index in [1.165, 1.54) is 12.5 Å². The second-order valence-corrected chi connectivity index (χ2v) is 8.45. The number of nitrogens with one attached hydrogen (secondary N) is 1. The van der Waals surface area contributed by atoms with Crippen molar-refractivity contribution in [3.8, 4) is 17.2 Å². The number of benzene rings is 2. The van der Waals surface area contributed by atoms with Gasteiger partial charge in [-0.15, -0.1) is 0 Å². The molecule has 1 aliphatic heterocycles. The van der Waals surface area contributed by atoms with Crippen molar-refractivity contribution in [3.63, 3.8) is 0 Å². The zero-order valence-corrected chi connectivity index (χ0v) is 19.8. The van der Waals surface area contributed by atoms with Gasteiger partial charge in [0.1, 0.15) is 12.4 Å². The molecule has 0 bridgehead atoms. The first-order chi connectivity index (χ1) is 17.6. The zero-order valence-electron chi connectivity index (χ0n) is 19.8. The molecule has 0 radical (unpaired) electrons. The number of anilines is 1. The molecule has 3 heterocycles. The van der Waals surface area contributed by atoms with Crippen LogP contribution in [-0.4, -0.2) is 52.8 Å². The highest BCUT2D eigenvalue weighted by Gasteiger charge is 2.25. The Morgan fingerprint density at radius 3 is 2.44 bits per heavy atom. The number of carbonyl (C=O) groups is 2. The number of hydrogen-bond donors (Lipinski definition) is 1. The van der Waals surface area contributed by atoms with Crippen LogP contribution in [0.1, 0.15) is 33.6 Å². The van der Waals surface area contributed by atoms with Crippen molar-refractivity contribution in [2.75, 3.05) is 25.5 Å². The lowest BCUT2D eigenvalue weighted by Gasteiger charge is -2.32. The molecular weight excluding hydrogens is 460 g/mol. The van der Waals surface area contributed by atoms with Gasteiger partial charge in [0.15, 0.2) is 11.5 Å². The molecule has 0 atom stereocenters. The Morgan fingerprint density at radius 2 is 1.75 bits per heavy atom. The molecule has 4 aromatic rings. The van der Waals surface area contributed by atoms with Crippen molar-refractivity contribution in [2.45, 2.75) is 18.9 Å². The summed E-state index contributed by atoms with van der Waals surface area (Å²) in [5, 5.41) is 7.07. The molecule has 1 aliphatic rings. The Balaban J connectivity index is 1.16. The van der Waals surface area contributed by atoms with E-state index in [-0.39, 0.29) is 17.9 Å². The van der Waals surface area contributed by atoms with E-state index in [4.69, 9.17) is 13.9 Å². The molecule has 2 amide bonds. The van der Waals surface area contributed by atoms with E-state index in [9.17, 15) is 9.59 Å². The molecule has 1 fully saturated rings. The topological polar surface area (TPSA) is 98.8 Å². The number of furan rings is 1. The molecule has 184 valence electrons. The van der Waals surface area contributed by atoms with Crippen molar-refractivity contribution in [3.05, 3.63) is 90.6 Å². The molecule has 0 aliphatic carbocycles. The second-order valence-electron chi connectivity index (χ2n) is 8.45. The number of aromatic nitrogens is 2. The first-order valence-corrected chi connectivity index (χ1v) is 11.7. The molecule has 9 nitrogen and oxygen atoms in total. The average molecular weight is 487 g/mol. The Hall–Kier alpha value is -4.53. The Morgan fingerprint density at radius 1 is 1.00 bits per heavy atom. The maximum atomic E-state index is 13.0. The lowest BCUT2D eigenvalue weighted by atomic mass is 10.1. The van der Waals surface area contributed by atoms with Gasteiger partial charge in [-0.3, -0.25) is 9.59 Å². The highest BCUT2D eigenvalue weighted by molar-refractivity contribution is 6.03. The highest BCUT2D eigenvalue weighted by atomic mass is 16.5. The predicted molar refractivity (Wildman–Crippen MR) is 133 cm³/mol. The van der Waals surface area contributed by atoms with E-state index in [1.807, 2.05) is 41.3 Å². The minimum absolute atomic E-state index is 0.00850. The molecule has 1 N–H and O–H groups in total. The van der Waals surface area contributed by atoms with Crippen LogP contribution in [-0.2, 0) is 0 Å². The number of para-hydroxylation sites is 2. The average Bonchev–Trinajstić information content (AvgIpc) is 3.62. The van der Waals surface area contributed by atoms with Crippen LogP contribution in [0.3, 0.4) is 0 Å². The van der Waals surface area contributed by atoms with E-state index in [2.05, 4.69) is 10.4 Å². The third kappa shape index (κ3) is 5.10. The largest absolute Gasteiger partial charge is 0.493 e. The van der Waals surface area contributed by atoms with Crippen LogP contribution >= 0.6 is 0 Å². The van der Waals surface area contributed by atoms with Crippen molar-refractivity contribution in [1.82, 2.24) is 14.7 Å². The monoisotopic (exact) mass is 486 g/mol. The summed E-state index contributed by atoms with van der Waals surface area (Å²) in [5.41, 5.74) is 2.38. The Kier molecular flexibility index (Phi) is 6.70. The number of carbonyl (C=O) groups excluding carboxylic acids is 2. The number of likely N-dealkylation sites (tertiary alicyclic amines) is 1. The SMILES string of the molecule is COc1ccccc1OC1CCN(C(=O)c2ccc(-n3cc(NC(=O)c4ccoc4)cn3)cc2)CC1. The maximum Gasteiger partial charge on any atom is 0.259 e. The fourth-order valence-electron chi connectivity index (χ4n) is 4.14. The predicted octanol–water partition coefficient (Wildman–Crippen LogP) is 4.41. The fraction of sp³-hybridized carbons (Fsp3) is 0.222. The molecule has 2 aromatic carbocycles. The highest BCUT2D eigenvalue weighted by Crippen LogP contribution is 2.29. The van der Waals surface area contributed by atoms with Gasteiger partial charge in [0.25, 0.3) is 11.8 Å². The Bertz CT molecular complexity index is 1320. The first kappa shape index (κ1) is 23.2. The normalized spacial score (nSPS) is 13.9. The van der Waals surface area contributed by atoms with Gasteiger partial charge >= 0.3 is 0 Å². The van der Waals surface area contributed by atoms with E-state index < -0.39 is 0 Å². The quantitative estimate of drug-likeness (QED) is 0.416. The molecule has 0 unspecified atom stereocenters. The number of nitrogens with zero attached hydrogens (tertiary/aromatic N) is 3. The molecule has 36 heavy (non-hydrogen) atoms. The number of rotatable bonds is 7. The number of piperidine rings is 1. The van der Waals surface area contributed by atoms with Gasteiger partial charge in [0, 0.05) is 31.5 Å². The second kappa shape index (κ2) is 10.4. The van der Waals surface area contributed by atoms with E-state index in [0.717, 1.165) is 24.3 Å². The van der Waals surface area contributed by atoms with Crippen LogP contribution in [0.25, 0.3) is 5.69 Å².